The molecule has 0 aromatic carbocycles. The van der Waals surface area contributed by atoms with Crippen LogP contribution >= 0.6 is 11.3 Å². The van der Waals surface area contributed by atoms with Gasteiger partial charge in [-0.15, -0.1) is 11.3 Å². The summed E-state index contributed by atoms with van der Waals surface area (Å²) in [6, 6.07) is 4.80. The highest BCUT2D eigenvalue weighted by Crippen LogP contribution is 2.34. The van der Waals surface area contributed by atoms with Crippen LogP contribution in [0.2, 0.25) is 0 Å². The predicted molar refractivity (Wildman–Crippen MR) is 68.9 cm³/mol. The van der Waals surface area contributed by atoms with E-state index in [1.54, 1.807) is 6.07 Å². The molecule has 0 spiro atoms. The van der Waals surface area contributed by atoms with Crippen LogP contribution in [0.1, 0.15) is 17.0 Å². The van der Waals surface area contributed by atoms with Crippen LogP contribution in [0, 0.1) is 0 Å². The summed E-state index contributed by atoms with van der Waals surface area (Å²) in [5.74, 6) is 0. The molecule has 0 amide bonds. The van der Waals surface area contributed by atoms with E-state index in [2.05, 4.69) is 5.10 Å². The molecule has 3 nitrogen and oxygen atoms in total. The average Bonchev–Trinajstić information content (AvgIpc) is 2.91. The summed E-state index contributed by atoms with van der Waals surface area (Å²) >= 11 is 1.46. The second-order valence-electron chi connectivity index (χ2n) is 4.19. The molecule has 7 heteroatoms. The summed E-state index contributed by atoms with van der Waals surface area (Å²) in [6.07, 6.45) is -2.66. The van der Waals surface area contributed by atoms with Gasteiger partial charge in [0.2, 0.25) is 0 Å². The van der Waals surface area contributed by atoms with Crippen LogP contribution in [0.4, 0.5) is 13.2 Å². The van der Waals surface area contributed by atoms with Crippen LogP contribution in [0.15, 0.2) is 18.2 Å². The van der Waals surface area contributed by atoms with Crippen LogP contribution in [0.5, 0.6) is 0 Å². The van der Waals surface area contributed by atoms with E-state index in [4.69, 9.17) is 5.73 Å². The van der Waals surface area contributed by atoms with Crippen molar-refractivity contribution in [3.63, 3.8) is 0 Å². The topological polar surface area (TPSA) is 43.8 Å². The summed E-state index contributed by atoms with van der Waals surface area (Å²) in [5.41, 5.74) is 5.05. The maximum absolute atomic E-state index is 12.7. The van der Waals surface area contributed by atoms with Gasteiger partial charge in [-0.25, -0.2) is 0 Å². The number of nitrogens with zero attached hydrogens (tertiary/aromatic N) is 2. The van der Waals surface area contributed by atoms with E-state index >= 15 is 0 Å². The van der Waals surface area contributed by atoms with E-state index in [1.165, 1.54) is 18.4 Å². The lowest BCUT2D eigenvalue weighted by molar-refractivity contribution is -0.143. The summed E-state index contributed by atoms with van der Waals surface area (Å²) in [7, 11) is 1.30. The third-order valence-electron chi connectivity index (χ3n) is 2.71. The van der Waals surface area contributed by atoms with E-state index in [-0.39, 0.29) is 0 Å². The van der Waals surface area contributed by atoms with Crippen LogP contribution in [0.25, 0.3) is 10.6 Å². The normalized spacial score (nSPS) is 12.1. The van der Waals surface area contributed by atoms with Crippen molar-refractivity contribution < 1.29 is 13.2 Å². The first kappa shape index (κ1) is 14.1. The molecule has 0 radical (unpaired) electrons. The van der Waals surface area contributed by atoms with Gasteiger partial charge in [-0.05, 0) is 37.6 Å². The zero-order chi connectivity index (χ0) is 14.0. The molecule has 2 heterocycles. The predicted octanol–water partition coefficient (Wildman–Crippen LogP) is 3.06. The van der Waals surface area contributed by atoms with Crippen molar-refractivity contribution in [1.82, 2.24) is 9.78 Å². The zero-order valence-electron chi connectivity index (χ0n) is 10.4. The van der Waals surface area contributed by atoms with Gasteiger partial charge in [0, 0.05) is 11.9 Å². The van der Waals surface area contributed by atoms with Crippen molar-refractivity contribution in [2.24, 2.45) is 12.8 Å². The molecular formula is C12H14F3N3S. The lowest BCUT2D eigenvalue weighted by Crippen LogP contribution is -2.11. The molecule has 19 heavy (non-hydrogen) atoms. The molecule has 2 aromatic rings. The Bertz CT molecular complexity index is 557. The second-order valence-corrected chi connectivity index (χ2v) is 5.36. The Hall–Kier alpha value is -1.34. The summed E-state index contributed by atoms with van der Waals surface area (Å²) in [6.45, 7) is 0.606. The van der Waals surface area contributed by atoms with Crippen molar-refractivity contribution in [2.75, 3.05) is 6.54 Å². The monoisotopic (exact) mass is 289 g/mol. The molecule has 0 aliphatic carbocycles. The Morgan fingerprint density at radius 2 is 2.11 bits per heavy atom. The van der Waals surface area contributed by atoms with Crippen molar-refractivity contribution in [3.05, 3.63) is 28.8 Å². The molecular weight excluding hydrogens is 275 g/mol. The molecule has 0 aliphatic rings. The first-order valence-electron chi connectivity index (χ1n) is 5.82. The smallest absolute Gasteiger partial charge is 0.330 e. The van der Waals surface area contributed by atoms with E-state index in [9.17, 15) is 13.2 Å². The van der Waals surface area contributed by atoms with E-state index in [0.29, 0.717) is 12.2 Å². The maximum atomic E-state index is 12.7. The highest BCUT2D eigenvalue weighted by molar-refractivity contribution is 7.15. The van der Waals surface area contributed by atoms with Gasteiger partial charge >= 0.3 is 6.18 Å². The Balaban J connectivity index is 2.25. The maximum Gasteiger partial charge on any atom is 0.433 e. The lowest BCUT2D eigenvalue weighted by atomic mass is 10.2. The van der Waals surface area contributed by atoms with E-state index < -0.39 is 11.9 Å². The number of thiophene rings is 1. The molecule has 2 aromatic heterocycles. The Labute approximate surface area is 112 Å². The average molecular weight is 289 g/mol. The first-order chi connectivity index (χ1) is 8.91. The first-order valence-corrected chi connectivity index (χ1v) is 6.64. The van der Waals surface area contributed by atoms with Crippen LogP contribution in [-0.2, 0) is 19.6 Å². The molecule has 2 rings (SSSR count). The molecule has 0 bridgehead atoms. The second kappa shape index (κ2) is 5.34. The van der Waals surface area contributed by atoms with Gasteiger partial charge in [0.05, 0.1) is 4.88 Å². The number of halogens is 3. The standard InChI is InChI=1S/C12H14F3N3S/c1-18-11(12(13,14)15)7-9(17-18)10-5-4-8(19-10)3-2-6-16/h4-5,7H,2-3,6,16H2,1H3. The van der Waals surface area contributed by atoms with E-state index in [1.807, 2.05) is 6.07 Å². The minimum Gasteiger partial charge on any atom is -0.330 e. The van der Waals surface area contributed by atoms with Crippen LogP contribution in [0.3, 0.4) is 0 Å². The Morgan fingerprint density at radius 1 is 1.37 bits per heavy atom. The largest absolute Gasteiger partial charge is 0.433 e. The van der Waals surface area contributed by atoms with Crippen LogP contribution in [-0.4, -0.2) is 16.3 Å². The van der Waals surface area contributed by atoms with Gasteiger partial charge in [-0.3, -0.25) is 4.68 Å². The molecule has 2 N–H and O–H groups in total. The molecule has 0 atom stereocenters. The van der Waals surface area contributed by atoms with Gasteiger partial charge < -0.3 is 5.73 Å². The molecule has 0 saturated heterocycles. The SMILES string of the molecule is Cn1nc(-c2ccc(CCCN)s2)cc1C(F)(F)F. The molecule has 0 unspecified atom stereocenters. The van der Waals surface area contributed by atoms with Gasteiger partial charge in [0.15, 0.2) is 0 Å². The van der Waals surface area contributed by atoms with E-state index in [0.717, 1.165) is 33.3 Å². The quantitative estimate of drug-likeness (QED) is 0.940. The summed E-state index contributed by atoms with van der Waals surface area (Å²) < 4.78 is 38.9. The third-order valence-corrected chi connectivity index (χ3v) is 3.88. The van der Waals surface area contributed by atoms with Crippen molar-refractivity contribution in [2.45, 2.75) is 19.0 Å². The number of alkyl halides is 3. The number of hydrogen-bond acceptors (Lipinski definition) is 3. The molecule has 0 saturated carbocycles. The molecule has 0 fully saturated rings. The van der Waals surface area contributed by atoms with Gasteiger partial charge in [0.1, 0.15) is 11.4 Å². The number of hydrogen-bond donors (Lipinski definition) is 1. The van der Waals surface area contributed by atoms with Crippen molar-refractivity contribution >= 4 is 11.3 Å². The van der Waals surface area contributed by atoms with Crippen molar-refractivity contribution in [3.8, 4) is 10.6 Å². The number of aromatic nitrogens is 2. The van der Waals surface area contributed by atoms with Gasteiger partial charge in [0.25, 0.3) is 0 Å². The number of aryl methyl sites for hydroxylation is 2. The summed E-state index contributed by atoms with van der Waals surface area (Å²) in [5, 5.41) is 3.92. The third kappa shape index (κ3) is 3.16. The minimum absolute atomic E-state index is 0.360. The fourth-order valence-corrected chi connectivity index (χ4v) is 2.78. The van der Waals surface area contributed by atoms with Gasteiger partial charge in [-0.1, -0.05) is 0 Å². The number of nitrogens with two attached hydrogens (primary N) is 1. The van der Waals surface area contributed by atoms with Crippen molar-refractivity contribution in [1.29, 1.82) is 0 Å². The highest BCUT2D eigenvalue weighted by Gasteiger charge is 2.35. The molecule has 0 aliphatic heterocycles. The Kier molecular flexibility index (Phi) is 3.96. The summed E-state index contributed by atoms with van der Waals surface area (Å²) in [4.78, 5) is 1.86. The number of rotatable bonds is 4. The Morgan fingerprint density at radius 3 is 2.68 bits per heavy atom. The fraction of sp³-hybridized carbons (Fsp3) is 0.417. The highest BCUT2D eigenvalue weighted by atomic mass is 32.1. The van der Waals surface area contributed by atoms with Gasteiger partial charge in [-0.2, -0.15) is 18.3 Å². The zero-order valence-corrected chi connectivity index (χ0v) is 11.2. The minimum atomic E-state index is -4.38. The lowest BCUT2D eigenvalue weighted by Gasteiger charge is -2.04. The fourth-order valence-electron chi connectivity index (χ4n) is 1.78. The molecule has 104 valence electrons. The van der Waals surface area contributed by atoms with Crippen LogP contribution < -0.4 is 5.73 Å².